The summed E-state index contributed by atoms with van der Waals surface area (Å²) in [7, 11) is 0. The highest BCUT2D eigenvalue weighted by atomic mass is 16.1. The summed E-state index contributed by atoms with van der Waals surface area (Å²) in [6, 6.07) is 11.5. The number of nitrogens with zero attached hydrogens (tertiary/aromatic N) is 5. The molecular formula is C22H22N8O. The molecule has 3 N–H and O–H groups in total. The molecule has 1 saturated carbocycles. The molecule has 1 aromatic carbocycles. The maximum Gasteiger partial charge on any atom is 0.251 e. The molecule has 1 aliphatic carbocycles. The van der Waals surface area contributed by atoms with Crippen molar-refractivity contribution in [3.63, 3.8) is 0 Å². The molecule has 0 saturated heterocycles. The number of H-pyrrole nitrogens is 1. The SMILES string of the molecule is N#CCCNC(=O)c1cccc(N2C=C(Nc3cc(C4CC4)[nH]n3)n3ccnc3C2)c1. The van der Waals surface area contributed by atoms with E-state index in [4.69, 9.17) is 5.26 Å². The van der Waals surface area contributed by atoms with Crippen LogP contribution in [-0.2, 0) is 6.54 Å². The quantitative estimate of drug-likeness (QED) is 0.512. The monoisotopic (exact) mass is 414 g/mol. The second-order valence-corrected chi connectivity index (χ2v) is 7.68. The van der Waals surface area contributed by atoms with Gasteiger partial charge in [-0.25, -0.2) is 4.98 Å². The number of imidazole rings is 1. The smallest absolute Gasteiger partial charge is 0.251 e. The minimum absolute atomic E-state index is 0.193. The number of rotatable bonds is 7. The third-order valence-electron chi connectivity index (χ3n) is 5.40. The van der Waals surface area contributed by atoms with Crippen LogP contribution in [0.25, 0.3) is 5.82 Å². The van der Waals surface area contributed by atoms with Crippen molar-refractivity contribution in [2.45, 2.75) is 31.7 Å². The Morgan fingerprint density at radius 3 is 3.06 bits per heavy atom. The van der Waals surface area contributed by atoms with Gasteiger partial charge in [0.25, 0.3) is 5.91 Å². The Hall–Kier alpha value is -4.06. The lowest BCUT2D eigenvalue weighted by atomic mass is 10.1. The zero-order valence-corrected chi connectivity index (χ0v) is 16.9. The third-order valence-corrected chi connectivity index (χ3v) is 5.40. The highest BCUT2D eigenvalue weighted by Gasteiger charge is 2.26. The molecule has 156 valence electrons. The second kappa shape index (κ2) is 7.99. The van der Waals surface area contributed by atoms with E-state index in [-0.39, 0.29) is 12.3 Å². The van der Waals surface area contributed by atoms with Crippen molar-refractivity contribution in [3.05, 3.63) is 66.0 Å². The summed E-state index contributed by atoms with van der Waals surface area (Å²) in [6.07, 6.45) is 8.39. The van der Waals surface area contributed by atoms with E-state index in [9.17, 15) is 4.79 Å². The molecule has 1 aliphatic heterocycles. The number of nitriles is 1. The number of aromatic nitrogens is 4. The van der Waals surface area contributed by atoms with Crippen LogP contribution in [0.15, 0.2) is 48.9 Å². The summed E-state index contributed by atoms with van der Waals surface area (Å²) in [5, 5.41) is 22.3. The van der Waals surface area contributed by atoms with Crippen molar-refractivity contribution >= 4 is 23.2 Å². The van der Waals surface area contributed by atoms with E-state index in [0.717, 1.165) is 28.8 Å². The molecule has 2 aliphatic rings. The molecule has 5 rings (SSSR count). The van der Waals surface area contributed by atoms with Crippen molar-refractivity contribution in [2.75, 3.05) is 16.8 Å². The molecule has 0 radical (unpaired) electrons. The van der Waals surface area contributed by atoms with Crippen LogP contribution in [-0.4, -0.2) is 32.2 Å². The fraction of sp³-hybridized carbons (Fsp3) is 0.273. The highest BCUT2D eigenvalue weighted by molar-refractivity contribution is 5.95. The molecule has 9 nitrogen and oxygen atoms in total. The number of amides is 1. The Morgan fingerprint density at radius 1 is 1.32 bits per heavy atom. The molecule has 0 spiro atoms. The van der Waals surface area contributed by atoms with Crippen LogP contribution >= 0.6 is 0 Å². The lowest BCUT2D eigenvalue weighted by Crippen LogP contribution is -2.28. The van der Waals surface area contributed by atoms with Gasteiger partial charge in [0.05, 0.1) is 19.0 Å². The second-order valence-electron chi connectivity index (χ2n) is 7.68. The van der Waals surface area contributed by atoms with Crippen LogP contribution in [0.1, 0.15) is 47.1 Å². The average Bonchev–Trinajstić information content (AvgIpc) is 3.34. The largest absolute Gasteiger partial charge is 0.351 e. The number of anilines is 2. The number of benzene rings is 1. The molecule has 3 heterocycles. The van der Waals surface area contributed by atoms with Gasteiger partial charge >= 0.3 is 0 Å². The zero-order valence-electron chi connectivity index (χ0n) is 16.9. The molecule has 9 heteroatoms. The molecule has 1 fully saturated rings. The van der Waals surface area contributed by atoms with Gasteiger partial charge in [0, 0.05) is 54.1 Å². The van der Waals surface area contributed by atoms with Gasteiger partial charge in [0.2, 0.25) is 0 Å². The van der Waals surface area contributed by atoms with Crippen LogP contribution in [0.3, 0.4) is 0 Å². The molecule has 0 unspecified atom stereocenters. The number of carbonyl (C=O) groups is 1. The first-order valence-corrected chi connectivity index (χ1v) is 10.3. The number of fused-ring (bicyclic) bond motifs is 1. The van der Waals surface area contributed by atoms with E-state index < -0.39 is 0 Å². The van der Waals surface area contributed by atoms with Gasteiger partial charge in [-0.3, -0.25) is 14.5 Å². The van der Waals surface area contributed by atoms with Gasteiger partial charge in [-0.1, -0.05) is 6.07 Å². The maximum absolute atomic E-state index is 12.4. The molecule has 0 atom stereocenters. The van der Waals surface area contributed by atoms with Crippen LogP contribution in [0.2, 0.25) is 0 Å². The molecule has 1 amide bonds. The van der Waals surface area contributed by atoms with E-state index in [2.05, 4.69) is 31.9 Å². The Morgan fingerprint density at radius 2 is 2.23 bits per heavy atom. The number of aromatic amines is 1. The molecular weight excluding hydrogens is 392 g/mol. The van der Waals surface area contributed by atoms with Crippen LogP contribution < -0.4 is 15.5 Å². The number of nitrogens with one attached hydrogen (secondary N) is 3. The van der Waals surface area contributed by atoms with Gasteiger partial charge < -0.3 is 15.5 Å². The van der Waals surface area contributed by atoms with E-state index in [1.807, 2.05) is 46.1 Å². The number of carbonyl (C=O) groups excluding carboxylic acids is 1. The first-order valence-electron chi connectivity index (χ1n) is 10.3. The molecule has 3 aromatic rings. The fourth-order valence-electron chi connectivity index (χ4n) is 3.63. The summed E-state index contributed by atoms with van der Waals surface area (Å²) in [5.41, 5.74) is 2.59. The van der Waals surface area contributed by atoms with E-state index in [1.54, 1.807) is 12.3 Å². The lowest BCUT2D eigenvalue weighted by molar-refractivity contribution is 0.0954. The predicted octanol–water partition coefficient (Wildman–Crippen LogP) is 3.02. The van der Waals surface area contributed by atoms with Crippen LogP contribution in [0.4, 0.5) is 11.5 Å². The fourth-order valence-corrected chi connectivity index (χ4v) is 3.63. The van der Waals surface area contributed by atoms with Crippen molar-refractivity contribution < 1.29 is 4.79 Å². The van der Waals surface area contributed by atoms with Crippen LogP contribution in [0.5, 0.6) is 0 Å². The maximum atomic E-state index is 12.4. The summed E-state index contributed by atoms with van der Waals surface area (Å²) in [6.45, 7) is 0.909. The normalized spacial score (nSPS) is 15.1. The minimum Gasteiger partial charge on any atom is -0.351 e. The van der Waals surface area contributed by atoms with E-state index >= 15 is 0 Å². The van der Waals surface area contributed by atoms with Crippen molar-refractivity contribution in [1.82, 2.24) is 25.1 Å². The molecule has 31 heavy (non-hydrogen) atoms. The first-order chi connectivity index (χ1) is 15.2. The minimum atomic E-state index is -0.193. The van der Waals surface area contributed by atoms with Crippen molar-refractivity contribution in [3.8, 4) is 6.07 Å². The van der Waals surface area contributed by atoms with Crippen LogP contribution in [0, 0.1) is 11.3 Å². The standard InChI is InChI=1S/C22H22N8O/c23-7-2-8-25-22(31)16-3-1-4-17(11-16)29-13-20-24-9-10-30(20)21(14-29)26-19-12-18(27-28-19)15-5-6-15/h1,3-4,9-12,14-15H,2,5-6,8,13H2,(H,25,31)(H2,26,27,28). The number of hydrogen-bond acceptors (Lipinski definition) is 6. The van der Waals surface area contributed by atoms with Crippen molar-refractivity contribution in [2.24, 2.45) is 0 Å². The zero-order chi connectivity index (χ0) is 21.2. The summed E-state index contributed by atoms with van der Waals surface area (Å²) in [4.78, 5) is 18.9. The Labute approximate surface area is 179 Å². The Kier molecular flexibility index (Phi) is 4.88. The summed E-state index contributed by atoms with van der Waals surface area (Å²) in [5.74, 6) is 2.89. The summed E-state index contributed by atoms with van der Waals surface area (Å²) < 4.78 is 2.00. The van der Waals surface area contributed by atoms with Gasteiger partial charge in [0.15, 0.2) is 5.82 Å². The number of hydrogen-bond donors (Lipinski definition) is 3. The van der Waals surface area contributed by atoms with Gasteiger partial charge in [-0.15, -0.1) is 0 Å². The van der Waals surface area contributed by atoms with E-state index in [1.165, 1.54) is 12.8 Å². The first kappa shape index (κ1) is 18.9. The Balaban J connectivity index is 1.39. The van der Waals surface area contributed by atoms with Gasteiger partial charge in [-0.2, -0.15) is 10.4 Å². The van der Waals surface area contributed by atoms with Gasteiger partial charge in [0.1, 0.15) is 11.6 Å². The predicted molar refractivity (Wildman–Crippen MR) is 116 cm³/mol. The molecule has 2 aromatic heterocycles. The van der Waals surface area contributed by atoms with Gasteiger partial charge in [-0.05, 0) is 31.0 Å². The Bertz CT molecular complexity index is 1180. The third kappa shape index (κ3) is 4.00. The molecule has 0 bridgehead atoms. The highest BCUT2D eigenvalue weighted by Crippen LogP contribution is 2.39. The lowest BCUT2D eigenvalue weighted by Gasteiger charge is -2.28. The average molecular weight is 414 g/mol. The topological polar surface area (TPSA) is 115 Å². The van der Waals surface area contributed by atoms with Crippen molar-refractivity contribution in [1.29, 1.82) is 5.26 Å². The summed E-state index contributed by atoms with van der Waals surface area (Å²) >= 11 is 0. The van der Waals surface area contributed by atoms with E-state index in [0.29, 0.717) is 24.6 Å².